The Kier molecular flexibility index (Phi) is 4.56. The first kappa shape index (κ1) is 17.3. The number of aliphatic carboxylic acids is 1. The summed E-state index contributed by atoms with van der Waals surface area (Å²) in [6.45, 7) is 1.20. The molecule has 0 amide bonds. The summed E-state index contributed by atoms with van der Waals surface area (Å²) in [6, 6.07) is 6.01. The third-order valence-electron chi connectivity index (χ3n) is 4.33. The molecule has 0 saturated heterocycles. The van der Waals surface area contributed by atoms with E-state index in [1.54, 1.807) is 0 Å². The molecule has 26 heavy (non-hydrogen) atoms. The van der Waals surface area contributed by atoms with E-state index in [-0.39, 0.29) is 22.8 Å². The lowest BCUT2D eigenvalue weighted by molar-refractivity contribution is -0.133. The largest absolute Gasteiger partial charge is 0.481 e. The zero-order valence-electron chi connectivity index (χ0n) is 13.6. The molecule has 0 fully saturated rings. The number of nitrogen functional groups attached to an aromatic ring is 1. The van der Waals surface area contributed by atoms with Crippen molar-refractivity contribution in [1.82, 2.24) is 15.0 Å². The lowest BCUT2D eigenvalue weighted by atomic mass is 9.79. The van der Waals surface area contributed by atoms with Crippen molar-refractivity contribution in [3.63, 3.8) is 0 Å². The number of anilines is 1. The van der Waals surface area contributed by atoms with E-state index in [0.717, 1.165) is 28.5 Å². The van der Waals surface area contributed by atoms with Crippen molar-refractivity contribution in [2.45, 2.75) is 24.1 Å². The molecular weight excluding hydrogens is 376 g/mol. The number of carboxylic acids is 1. The molecule has 7 nitrogen and oxygen atoms in total. The Bertz CT molecular complexity index is 934. The summed E-state index contributed by atoms with van der Waals surface area (Å²) in [6.07, 6.45) is 0.643. The second kappa shape index (κ2) is 6.86. The van der Waals surface area contributed by atoms with Gasteiger partial charge in [0, 0.05) is 16.5 Å². The van der Waals surface area contributed by atoms with Crippen LogP contribution in [0, 0.1) is 0 Å². The number of nitrogens with two attached hydrogens (primary N) is 1. The molecule has 3 N–H and O–H groups in total. The van der Waals surface area contributed by atoms with Crippen LogP contribution in [0.2, 0.25) is 0 Å². The number of hydrogen-bond acceptors (Lipinski definition) is 7. The second-order valence-electron chi connectivity index (χ2n) is 6.06. The fourth-order valence-corrected chi connectivity index (χ4v) is 4.31. The van der Waals surface area contributed by atoms with Crippen molar-refractivity contribution < 1.29 is 14.6 Å². The lowest BCUT2D eigenvalue weighted by Crippen LogP contribution is -2.22. The minimum absolute atomic E-state index is 0.0371. The Labute approximate surface area is 158 Å². The summed E-state index contributed by atoms with van der Waals surface area (Å²) in [5.41, 5.74) is 9.89. The van der Waals surface area contributed by atoms with E-state index in [1.165, 1.54) is 5.56 Å². The molecule has 1 atom stereocenters. The summed E-state index contributed by atoms with van der Waals surface area (Å²) in [4.78, 5) is 23.5. The summed E-state index contributed by atoms with van der Waals surface area (Å²) in [5, 5.41) is 9.77. The number of thioether (sulfide) groups is 1. The molecular formula is C17H15ClN4O3S. The molecule has 0 radical (unpaired) electrons. The van der Waals surface area contributed by atoms with Gasteiger partial charge in [-0.2, -0.15) is 9.97 Å². The third-order valence-corrected chi connectivity index (χ3v) is 5.50. The first-order chi connectivity index (χ1) is 12.5. The number of carbonyl (C=O) groups is 1. The first-order valence-corrected chi connectivity index (χ1v) is 9.34. The van der Waals surface area contributed by atoms with Crippen LogP contribution in [-0.4, -0.2) is 38.4 Å². The average Bonchev–Trinajstić information content (AvgIpc) is 2.60. The van der Waals surface area contributed by atoms with Gasteiger partial charge in [0.05, 0.1) is 19.0 Å². The Morgan fingerprint density at radius 2 is 2.23 bits per heavy atom. The Morgan fingerprint density at radius 1 is 1.38 bits per heavy atom. The highest BCUT2D eigenvalue weighted by atomic mass is 35.5. The fraction of sp³-hybridized carbons (Fsp3) is 0.294. The maximum Gasteiger partial charge on any atom is 0.313 e. The van der Waals surface area contributed by atoms with Gasteiger partial charge in [-0.25, -0.2) is 4.98 Å². The molecule has 0 saturated carbocycles. The number of nitrogens with zero attached hydrogens (tertiary/aromatic N) is 3. The molecule has 0 bridgehead atoms. The highest BCUT2D eigenvalue weighted by Crippen LogP contribution is 2.45. The van der Waals surface area contributed by atoms with E-state index >= 15 is 0 Å². The quantitative estimate of drug-likeness (QED) is 0.766. The Hall–Kier alpha value is -2.16. The van der Waals surface area contributed by atoms with E-state index < -0.39 is 5.97 Å². The molecule has 2 aliphatic rings. The van der Waals surface area contributed by atoms with Gasteiger partial charge in [-0.15, -0.1) is 0 Å². The first-order valence-electron chi connectivity index (χ1n) is 7.98. The van der Waals surface area contributed by atoms with Crippen LogP contribution in [0.5, 0.6) is 0 Å². The molecule has 0 spiro atoms. The van der Waals surface area contributed by atoms with Gasteiger partial charge in [0.1, 0.15) is 0 Å². The normalized spacial score (nSPS) is 18.6. The molecule has 1 aliphatic carbocycles. The van der Waals surface area contributed by atoms with Crippen LogP contribution in [0.3, 0.4) is 0 Å². The topological polar surface area (TPSA) is 111 Å². The summed E-state index contributed by atoms with van der Waals surface area (Å²) in [5.74, 6) is -0.490. The van der Waals surface area contributed by atoms with Crippen LogP contribution in [-0.2, 0) is 16.1 Å². The van der Waals surface area contributed by atoms with Gasteiger partial charge in [0.25, 0.3) is 0 Å². The number of halogens is 1. The minimum atomic E-state index is -0.953. The predicted octanol–water partition coefficient (Wildman–Crippen LogP) is 2.65. The molecule has 9 heteroatoms. The van der Waals surface area contributed by atoms with Crippen molar-refractivity contribution >= 4 is 40.9 Å². The summed E-state index contributed by atoms with van der Waals surface area (Å²) < 4.78 is 5.67. The van der Waals surface area contributed by atoms with Crippen molar-refractivity contribution in [2.24, 2.45) is 0 Å². The van der Waals surface area contributed by atoms with Crippen molar-refractivity contribution in [2.75, 3.05) is 18.1 Å². The zero-order chi connectivity index (χ0) is 18.3. The minimum Gasteiger partial charge on any atom is -0.481 e. The molecule has 1 unspecified atom stereocenters. The number of ether oxygens (including phenoxy) is 1. The zero-order valence-corrected chi connectivity index (χ0v) is 15.2. The molecule has 1 aromatic heterocycles. The lowest BCUT2D eigenvalue weighted by Gasteiger charge is -2.32. The van der Waals surface area contributed by atoms with Crippen LogP contribution >= 0.6 is 23.4 Å². The summed E-state index contributed by atoms with van der Waals surface area (Å²) >= 11 is 7.60. The maximum absolute atomic E-state index is 10.8. The van der Waals surface area contributed by atoms with Gasteiger partial charge in [0.15, 0.2) is 11.0 Å². The molecule has 134 valence electrons. The van der Waals surface area contributed by atoms with Crippen LogP contribution in [0.15, 0.2) is 28.4 Å². The molecule has 2 aromatic rings. The smallest absolute Gasteiger partial charge is 0.313 e. The number of carboxylic acid groups (broad SMARTS) is 1. The van der Waals surface area contributed by atoms with Gasteiger partial charge >= 0.3 is 5.97 Å². The molecule has 2 heterocycles. The van der Waals surface area contributed by atoms with Crippen LogP contribution < -0.4 is 5.73 Å². The SMILES string of the molecule is Nc1nc(SCC(=O)O)nc(C2=C(Cl)CC3COCc4cccc2c43)n1. The summed E-state index contributed by atoms with van der Waals surface area (Å²) in [7, 11) is 0. The van der Waals surface area contributed by atoms with Crippen LogP contribution in [0.1, 0.15) is 34.9 Å². The van der Waals surface area contributed by atoms with Crippen LogP contribution in [0.4, 0.5) is 5.95 Å². The van der Waals surface area contributed by atoms with E-state index in [4.69, 9.17) is 27.2 Å². The van der Waals surface area contributed by atoms with Gasteiger partial charge in [-0.3, -0.25) is 4.79 Å². The van der Waals surface area contributed by atoms with Crippen molar-refractivity contribution in [3.05, 3.63) is 45.7 Å². The number of aromatic nitrogens is 3. The van der Waals surface area contributed by atoms with E-state index in [9.17, 15) is 4.79 Å². The second-order valence-corrected chi connectivity index (χ2v) is 7.46. The standard InChI is InChI=1S/C17H15ClN4O3S/c18-11-4-9-6-25-5-8-2-1-3-10(13(8)9)14(11)15-20-16(19)22-17(21-15)26-7-12(23)24/h1-3,9H,4-7H2,(H,23,24)(H2,19,20,21,22). The number of benzene rings is 1. The van der Waals surface area contributed by atoms with Gasteiger partial charge in [-0.1, -0.05) is 41.6 Å². The molecule has 1 aromatic carbocycles. The molecule has 4 rings (SSSR count). The third kappa shape index (κ3) is 3.15. The van der Waals surface area contributed by atoms with Crippen molar-refractivity contribution in [1.29, 1.82) is 0 Å². The predicted molar refractivity (Wildman–Crippen MR) is 97.9 cm³/mol. The van der Waals surface area contributed by atoms with Gasteiger partial charge < -0.3 is 15.6 Å². The van der Waals surface area contributed by atoms with E-state index in [2.05, 4.69) is 21.0 Å². The number of rotatable bonds is 4. The number of hydrogen-bond donors (Lipinski definition) is 2. The Balaban J connectivity index is 1.81. The average molecular weight is 391 g/mol. The highest BCUT2D eigenvalue weighted by molar-refractivity contribution is 7.99. The Morgan fingerprint density at radius 3 is 3.04 bits per heavy atom. The van der Waals surface area contributed by atoms with E-state index in [1.807, 2.05) is 12.1 Å². The van der Waals surface area contributed by atoms with E-state index in [0.29, 0.717) is 30.5 Å². The van der Waals surface area contributed by atoms with Gasteiger partial charge in [0.2, 0.25) is 5.95 Å². The fourth-order valence-electron chi connectivity index (χ4n) is 3.38. The highest BCUT2D eigenvalue weighted by Gasteiger charge is 2.32. The van der Waals surface area contributed by atoms with Gasteiger partial charge in [-0.05, 0) is 23.1 Å². The van der Waals surface area contributed by atoms with Crippen molar-refractivity contribution in [3.8, 4) is 0 Å². The maximum atomic E-state index is 10.8. The molecule has 1 aliphatic heterocycles. The monoisotopic (exact) mass is 390 g/mol. The van der Waals surface area contributed by atoms with Crippen LogP contribution in [0.25, 0.3) is 5.57 Å². The number of allylic oxidation sites excluding steroid dienone is 1.